The van der Waals surface area contributed by atoms with Gasteiger partial charge < -0.3 is 9.30 Å². The third-order valence-electron chi connectivity index (χ3n) is 2.46. The minimum Gasteiger partial charge on any atom is -0.461 e. The molecule has 0 N–H and O–H groups in total. The SMILES string of the molecule is CCOC(=O)c1c(F)c2ccnc(Cl)c2n1C. The van der Waals surface area contributed by atoms with Crippen LogP contribution in [0.1, 0.15) is 17.4 Å². The molecule has 4 nitrogen and oxygen atoms in total. The monoisotopic (exact) mass is 256 g/mol. The van der Waals surface area contributed by atoms with Crippen molar-refractivity contribution in [3.63, 3.8) is 0 Å². The molecule has 0 aliphatic carbocycles. The number of aryl methyl sites for hydroxylation is 1. The van der Waals surface area contributed by atoms with Gasteiger partial charge in [0.25, 0.3) is 0 Å². The summed E-state index contributed by atoms with van der Waals surface area (Å²) in [6.07, 6.45) is 1.39. The predicted molar refractivity (Wildman–Crippen MR) is 61.6 cm³/mol. The van der Waals surface area contributed by atoms with Crippen LogP contribution < -0.4 is 0 Å². The lowest BCUT2D eigenvalue weighted by atomic mass is 10.3. The van der Waals surface area contributed by atoms with E-state index in [4.69, 9.17) is 16.3 Å². The summed E-state index contributed by atoms with van der Waals surface area (Å²) < 4.78 is 20.2. The first-order valence-electron chi connectivity index (χ1n) is 5.03. The molecule has 0 aliphatic heterocycles. The Morgan fingerprint density at radius 2 is 2.35 bits per heavy atom. The van der Waals surface area contributed by atoms with E-state index in [0.29, 0.717) is 5.52 Å². The number of hydrogen-bond donors (Lipinski definition) is 0. The molecule has 90 valence electrons. The molecule has 6 heteroatoms. The van der Waals surface area contributed by atoms with Crippen LogP contribution in [0.15, 0.2) is 12.3 Å². The van der Waals surface area contributed by atoms with Crippen LogP contribution in [0.5, 0.6) is 0 Å². The topological polar surface area (TPSA) is 44.1 Å². The third kappa shape index (κ3) is 1.76. The molecule has 0 saturated heterocycles. The van der Waals surface area contributed by atoms with Crippen molar-refractivity contribution < 1.29 is 13.9 Å². The van der Waals surface area contributed by atoms with Crippen LogP contribution in [-0.4, -0.2) is 22.1 Å². The van der Waals surface area contributed by atoms with Crippen molar-refractivity contribution >= 4 is 28.5 Å². The van der Waals surface area contributed by atoms with Crippen molar-refractivity contribution in [1.29, 1.82) is 0 Å². The fourth-order valence-electron chi connectivity index (χ4n) is 1.74. The fourth-order valence-corrected chi connectivity index (χ4v) is 2.02. The van der Waals surface area contributed by atoms with Gasteiger partial charge in [-0.1, -0.05) is 11.6 Å². The van der Waals surface area contributed by atoms with E-state index in [9.17, 15) is 9.18 Å². The smallest absolute Gasteiger partial charge is 0.358 e. The summed E-state index contributed by atoms with van der Waals surface area (Å²) in [4.78, 5) is 15.5. The van der Waals surface area contributed by atoms with Crippen LogP contribution in [-0.2, 0) is 11.8 Å². The maximum atomic E-state index is 14.0. The van der Waals surface area contributed by atoms with E-state index >= 15 is 0 Å². The Balaban J connectivity index is 2.73. The number of carbonyl (C=O) groups excluding carboxylic acids is 1. The zero-order valence-corrected chi connectivity index (χ0v) is 10.1. The number of aromatic nitrogens is 2. The van der Waals surface area contributed by atoms with E-state index in [1.807, 2.05) is 0 Å². The average molecular weight is 257 g/mol. The lowest BCUT2D eigenvalue weighted by Gasteiger charge is -2.03. The molecule has 0 spiro atoms. The predicted octanol–water partition coefficient (Wildman–Crippen LogP) is 2.54. The minimum atomic E-state index is -0.709. The Labute approximate surface area is 102 Å². The van der Waals surface area contributed by atoms with Crippen LogP contribution in [0.3, 0.4) is 0 Å². The summed E-state index contributed by atoms with van der Waals surface area (Å²) in [5.74, 6) is -1.34. The Morgan fingerprint density at radius 3 is 2.94 bits per heavy atom. The molecule has 0 bridgehead atoms. The van der Waals surface area contributed by atoms with Crippen molar-refractivity contribution in [2.24, 2.45) is 7.05 Å². The van der Waals surface area contributed by atoms with E-state index in [0.717, 1.165) is 0 Å². The van der Waals surface area contributed by atoms with Crippen LogP contribution in [0.4, 0.5) is 4.39 Å². The molecule has 0 atom stereocenters. The number of hydrogen-bond acceptors (Lipinski definition) is 3. The zero-order chi connectivity index (χ0) is 12.6. The maximum Gasteiger partial charge on any atom is 0.358 e. The highest BCUT2D eigenvalue weighted by molar-refractivity contribution is 6.34. The minimum absolute atomic E-state index is 0.142. The highest BCUT2D eigenvalue weighted by atomic mass is 35.5. The third-order valence-corrected chi connectivity index (χ3v) is 2.74. The lowest BCUT2D eigenvalue weighted by Crippen LogP contribution is -2.11. The molecule has 0 saturated carbocycles. The summed E-state index contributed by atoms with van der Waals surface area (Å²) in [7, 11) is 1.55. The van der Waals surface area contributed by atoms with Crippen molar-refractivity contribution in [1.82, 2.24) is 9.55 Å². The van der Waals surface area contributed by atoms with Gasteiger partial charge >= 0.3 is 5.97 Å². The van der Waals surface area contributed by atoms with Gasteiger partial charge in [-0.25, -0.2) is 14.2 Å². The van der Waals surface area contributed by atoms with Crippen LogP contribution in [0.25, 0.3) is 10.9 Å². The Kier molecular flexibility index (Phi) is 3.02. The summed E-state index contributed by atoms with van der Waals surface area (Å²) >= 11 is 5.88. The van der Waals surface area contributed by atoms with Crippen molar-refractivity contribution in [2.45, 2.75) is 6.92 Å². The van der Waals surface area contributed by atoms with E-state index < -0.39 is 11.8 Å². The highest BCUT2D eigenvalue weighted by Gasteiger charge is 2.23. The quantitative estimate of drug-likeness (QED) is 0.613. The molecule has 2 rings (SSSR count). The van der Waals surface area contributed by atoms with Gasteiger partial charge in [0.1, 0.15) is 0 Å². The number of ether oxygens (including phenoxy) is 1. The van der Waals surface area contributed by atoms with Crippen molar-refractivity contribution in [3.05, 3.63) is 28.9 Å². The summed E-state index contributed by atoms with van der Waals surface area (Å²) in [6.45, 7) is 1.85. The molecule has 2 aromatic heterocycles. The number of halogens is 2. The second-order valence-corrected chi connectivity index (χ2v) is 3.80. The maximum absolute atomic E-state index is 14.0. The molecule has 0 radical (unpaired) electrons. The molecular formula is C11H10ClFN2O2. The van der Waals surface area contributed by atoms with Crippen LogP contribution >= 0.6 is 11.6 Å². The van der Waals surface area contributed by atoms with Gasteiger partial charge in [0.05, 0.1) is 12.1 Å². The molecule has 0 aliphatic rings. The van der Waals surface area contributed by atoms with Gasteiger partial charge in [-0.2, -0.15) is 0 Å². The molecule has 17 heavy (non-hydrogen) atoms. The molecule has 2 aromatic rings. The Bertz CT molecular complexity index is 595. The van der Waals surface area contributed by atoms with Gasteiger partial charge in [0.15, 0.2) is 16.7 Å². The van der Waals surface area contributed by atoms with Gasteiger partial charge in [-0.15, -0.1) is 0 Å². The first-order chi connectivity index (χ1) is 8.07. The number of pyridine rings is 1. The van der Waals surface area contributed by atoms with E-state index in [2.05, 4.69) is 4.98 Å². The van der Waals surface area contributed by atoms with E-state index in [1.54, 1.807) is 14.0 Å². The molecule has 0 amide bonds. The van der Waals surface area contributed by atoms with Crippen LogP contribution in [0, 0.1) is 5.82 Å². The number of nitrogens with zero attached hydrogens (tertiary/aromatic N) is 2. The van der Waals surface area contributed by atoms with Crippen LogP contribution in [0.2, 0.25) is 5.15 Å². The molecular weight excluding hydrogens is 247 g/mol. The summed E-state index contributed by atoms with van der Waals surface area (Å²) in [5, 5.41) is 0.412. The zero-order valence-electron chi connectivity index (χ0n) is 9.33. The fraction of sp³-hybridized carbons (Fsp3) is 0.273. The molecule has 2 heterocycles. The standard InChI is InChI=1S/C11H10ClFN2O2/c1-3-17-11(16)9-7(13)6-4-5-14-10(12)8(6)15(9)2/h4-5H,3H2,1-2H3. The normalized spacial score (nSPS) is 10.8. The first-order valence-corrected chi connectivity index (χ1v) is 5.41. The average Bonchev–Trinajstić information content (AvgIpc) is 2.53. The second-order valence-electron chi connectivity index (χ2n) is 3.44. The second kappa shape index (κ2) is 4.33. The molecule has 0 aromatic carbocycles. The Hall–Kier alpha value is -1.62. The number of carbonyl (C=O) groups is 1. The molecule has 0 fully saturated rings. The van der Waals surface area contributed by atoms with Gasteiger partial charge in [0, 0.05) is 18.6 Å². The summed E-state index contributed by atoms with van der Waals surface area (Å²) in [6, 6.07) is 1.47. The number of esters is 1. The van der Waals surface area contributed by atoms with Crippen molar-refractivity contribution in [2.75, 3.05) is 6.61 Å². The van der Waals surface area contributed by atoms with E-state index in [1.165, 1.54) is 16.8 Å². The van der Waals surface area contributed by atoms with E-state index in [-0.39, 0.29) is 22.8 Å². The van der Waals surface area contributed by atoms with Gasteiger partial charge in [-0.3, -0.25) is 0 Å². The highest BCUT2D eigenvalue weighted by Crippen LogP contribution is 2.28. The van der Waals surface area contributed by atoms with Gasteiger partial charge in [0.2, 0.25) is 0 Å². The number of fused-ring (bicyclic) bond motifs is 1. The largest absolute Gasteiger partial charge is 0.461 e. The summed E-state index contributed by atoms with van der Waals surface area (Å²) in [5.41, 5.74) is 0.242. The molecule has 0 unspecified atom stereocenters. The lowest BCUT2D eigenvalue weighted by molar-refractivity contribution is 0.0510. The Morgan fingerprint density at radius 1 is 1.65 bits per heavy atom. The van der Waals surface area contributed by atoms with Gasteiger partial charge in [-0.05, 0) is 13.0 Å². The number of rotatable bonds is 2. The van der Waals surface area contributed by atoms with Crippen molar-refractivity contribution in [3.8, 4) is 0 Å². The first kappa shape index (κ1) is 11.9.